The molecule has 1 aliphatic rings. The quantitative estimate of drug-likeness (QED) is 0.547. The molecule has 0 spiro atoms. The summed E-state index contributed by atoms with van der Waals surface area (Å²) < 4.78 is 5.23. The number of hydrogen-bond donors (Lipinski definition) is 2. The van der Waals surface area contributed by atoms with Gasteiger partial charge in [-0.15, -0.1) is 11.3 Å². The van der Waals surface area contributed by atoms with Crippen molar-refractivity contribution in [2.24, 2.45) is 0 Å². The molecule has 0 saturated heterocycles. The van der Waals surface area contributed by atoms with Crippen LogP contribution in [-0.4, -0.2) is 28.5 Å². The van der Waals surface area contributed by atoms with E-state index in [4.69, 9.17) is 4.52 Å². The largest absolute Gasteiger partial charge is 0.360 e. The summed E-state index contributed by atoms with van der Waals surface area (Å²) in [4.78, 5) is 27.7. The second-order valence-corrected chi connectivity index (χ2v) is 8.02. The first kappa shape index (κ1) is 19.3. The number of aryl methyl sites for hydroxylation is 1. The second kappa shape index (κ2) is 8.57. The normalized spacial score (nSPS) is 13.3. The van der Waals surface area contributed by atoms with Gasteiger partial charge in [-0.05, 0) is 31.2 Å². The number of rotatable bonds is 8. The molecule has 1 fully saturated rings. The third-order valence-electron chi connectivity index (χ3n) is 4.73. The minimum Gasteiger partial charge on any atom is -0.360 e. The first-order valence-electron chi connectivity index (χ1n) is 9.66. The molecule has 8 heteroatoms. The molecular weight excluding hydrogens is 388 g/mol. The molecule has 0 aliphatic heterocycles. The van der Waals surface area contributed by atoms with Crippen molar-refractivity contribution in [3.05, 3.63) is 52.7 Å². The smallest absolute Gasteiger partial charge is 0.279 e. The summed E-state index contributed by atoms with van der Waals surface area (Å²) in [5.41, 5.74) is 3.30. The topological polar surface area (TPSA) is 97.1 Å². The monoisotopic (exact) mass is 410 g/mol. The number of amides is 2. The Balaban J connectivity index is 1.33. The van der Waals surface area contributed by atoms with Crippen LogP contribution in [0.2, 0.25) is 0 Å². The lowest BCUT2D eigenvalue weighted by molar-refractivity contribution is -0.118. The molecule has 0 radical (unpaired) electrons. The molecule has 29 heavy (non-hydrogen) atoms. The molecule has 1 aromatic carbocycles. The van der Waals surface area contributed by atoms with E-state index in [0.29, 0.717) is 17.6 Å². The van der Waals surface area contributed by atoms with Crippen LogP contribution in [0.25, 0.3) is 11.3 Å². The average molecular weight is 410 g/mol. The lowest BCUT2D eigenvalue weighted by atomic mass is 10.1. The summed E-state index contributed by atoms with van der Waals surface area (Å²) in [6, 6.07) is 9.89. The van der Waals surface area contributed by atoms with Crippen molar-refractivity contribution in [1.82, 2.24) is 15.5 Å². The summed E-state index contributed by atoms with van der Waals surface area (Å²) in [6.07, 6.45) is 4.00. The van der Waals surface area contributed by atoms with Crippen LogP contribution < -0.4 is 10.6 Å². The van der Waals surface area contributed by atoms with Gasteiger partial charge < -0.3 is 9.84 Å². The highest BCUT2D eigenvalue weighted by Crippen LogP contribution is 2.40. The van der Waals surface area contributed by atoms with Gasteiger partial charge in [-0.25, -0.2) is 4.98 Å². The third-order valence-corrected chi connectivity index (χ3v) is 5.49. The Labute approximate surface area is 172 Å². The first-order valence-corrected chi connectivity index (χ1v) is 10.5. The second-order valence-electron chi connectivity index (χ2n) is 7.16. The highest BCUT2D eigenvalue weighted by molar-refractivity contribution is 7.14. The van der Waals surface area contributed by atoms with Gasteiger partial charge in [-0.2, -0.15) is 0 Å². The molecule has 0 unspecified atom stereocenters. The van der Waals surface area contributed by atoms with Gasteiger partial charge in [0.1, 0.15) is 5.76 Å². The zero-order chi connectivity index (χ0) is 20.2. The average Bonchev–Trinajstić information content (AvgIpc) is 3.25. The maximum absolute atomic E-state index is 12.3. The fraction of sp³-hybridized carbons (Fsp3) is 0.333. The van der Waals surface area contributed by atoms with Gasteiger partial charge in [0, 0.05) is 36.4 Å². The van der Waals surface area contributed by atoms with Crippen molar-refractivity contribution in [2.45, 2.75) is 38.5 Å². The van der Waals surface area contributed by atoms with Crippen LogP contribution >= 0.6 is 11.3 Å². The highest BCUT2D eigenvalue weighted by atomic mass is 32.1. The van der Waals surface area contributed by atoms with Crippen molar-refractivity contribution in [1.29, 1.82) is 0 Å². The lowest BCUT2D eigenvalue weighted by Gasteiger charge is -2.04. The number of thiazole rings is 1. The molecule has 2 amide bonds. The van der Waals surface area contributed by atoms with Crippen molar-refractivity contribution in [2.75, 3.05) is 11.9 Å². The Bertz CT molecular complexity index is 1010. The number of anilines is 1. The molecule has 2 N–H and O–H groups in total. The molecule has 1 saturated carbocycles. The van der Waals surface area contributed by atoms with Crippen LogP contribution in [-0.2, 0) is 11.2 Å². The van der Waals surface area contributed by atoms with Crippen LogP contribution in [0.4, 0.5) is 5.13 Å². The molecule has 0 bridgehead atoms. The molecule has 3 aromatic rings. The summed E-state index contributed by atoms with van der Waals surface area (Å²) >= 11 is 1.37. The predicted octanol–water partition coefficient (Wildman–Crippen LogP) is 4.00. The summed E-state index contributed by atoms with van der Waals surface area (Å²) in [6.45, 7) is 2.20. The van der Waals surface area contributed by atoms with Gasteiger partial charge in [0.05, 0.1) is 5.69 Å². The Morgan fingerprint density at radius 2 is 2.03 bits per heavy atom. The van der Waals surface area contributed by atoms with Gasteiger partial charge in [0.15, 0.2) is 10.8 Å². The van der Waals surface area contributed by atoms with E-state index < -0.39 is 0 Å². The molecule has 1 aliphatic carbocycles. The van der Waals surface area contributed by atoms with E-state index in [1.54, 1.807) is 6.07 Å². The number of hydrogen-bond acceptors (Lipinski definition) is 6. The molecule has 4 rings (SSSR count). The Hall–Kier alpha value is -3.00. The molecule has 150 valence electrons. The minimum atomic E-state index is -0.309. The third kappa shape index (κ3) is 5.08. The van der Waals surface area contributed by atoms with Crippen LogP contribution in [0.1, 0.15) is 53.9 Å². The Morgan fingerprint density at radius 3 is 2.76 bits per heavy atom. The summed E-state index contributed by atoms with van der Waals surface area (Å²) in [5, 5.41) is 11.9. The Morgan fingerprint density at radius 1 is 1.24 bits per heavy atom. The standard InChI is InChI=1S/C21H22N4O3S/c1-13(26)22-10-2-3-14-4-6-15(7-5-14)18-12-29-21(23-18)24-20(27)17-11-19(28-25-17)16-8-9-16/h4-7,11-12,16H,2-3,8-10H2,1H3,(H,22,26)(H,23,24,27). The SMILES string of the molecule is CC(=O)NCCCc1ccc(-c2csc(NC(=O)c3cc(C4CC4)on3)n2)cc1. The van der Waals surface area contributed by atoms with Gasteiger partial charge >= 0.3 is 0 Å². The van der Waals surface area contributed by atoms with E-state index in [0.717, 1.165) is 42.7 Å². The van der Waals surface area contributed by atoms with Gasteiger partial charge in [-0.1, -0.05) is 29.4 Å². The molecule has 7 nitrogen and oxygen atoms in total. The van der Waals surface area contributed by atoms with Gasteiger partial charge in [0.25, 0.3) is 5.91 Å². The fourth-order valence-electron chi connectivity index (χ4n) is 2.98. The van der Waals surface area contributed by atoms with E-state index in [-0.39, 0.29) is 17.5 Å². The maximum atomic E-state index is 12.3. The van der Waals surface area contributed by atoms with E-state index in [2.05, 4.69) is 32.9 Å². The number of nitrogens with one attached hydrogen (secondary N) is 2. The number of nitrogens with zero attached hydrogens (tertiary/aromatic N) is 2. The van der Waals surface area contributed by atoms with Crippen molar-refractivity contribution >= 4 is 28.3 Å². The number of benzene rings is 1. The molecule has 2 aromatic heterocycles. The van der Waals surface area contributed by atoms with Gasteiger partial charge in [0.2, 0.25) is 5.91 Å². The van der Waals surface area contributed by atoms with Crippen molar-refractivity contribution in [3.63, 3.8) is 0 Å². The summed E-state index contributed by atoms with van der Waals surface area (Å²) in [5.74, 6) is 0.894. The van der Waals surface area contributed by atoms with Crippen molar-refractivity contribution < 1.29 is 14.1 Å². The zero-order valence-electron chi connectivity index (χ0n) is 16.1. The van der Waals surface area contributed by atoms with Crippen LogP contribution in [0, 0.1) is 0 Å². The molecule has 0 atom stereocenters. The van der Waals surface area contributed by atoms with Crippen LogP contribution in [0.15, 0.2) is 40.2 Å². The highest BCUT2D eigenvalue weighted by Gasteiger charge is 2.29. The number of carbonyl (C=O) groups excluding carboxylic acids is 2. The van der Waals surface area contributed by atoms with Gasteiger partial charge in [-0.3, -0.25) is 14.9 Å². The number of aromatic nitrogens is 2. The van der Waals surface area contributed by atoms with E-state index >= 15 is 0 Å². The summed E-state index contributed by atoms with van der Waals surface area (Å²) in [7, 11) is 0. The fourth-order valence-corrected chi connectivity index (χ4v) is 3.70. The van der Waals surface area contributed by atoms with E-state index in [9.17, 15) is 9.59 Å². The van der Waals surface area contributed by atoms with E-state index in [1.165, 1.54) is 23.8 Å². The maximum Gasteiger partial charge on any atom is 0.279 e. The molecule has 2 heterocycles. The predicted molar refractivity (Wildman–Crippen MR) is 111 cm³/mol. The van der Waals surface area contributed by atoms with Crippen molar-refractivity contribution in [3.8, 4) is 11.3 Å². The van der Waals surface area contributed by atoms with Crippen LogP contribution in [0.5, 0.6) is 0 Å². The Kier molecular flexibility index (Phi) is 5.71. The number of carbonyl (C=O) groups is 2. The molecular formula is C21H22N4O3S. The van der Waals surface area contributed by atoms with Crippen LogP contribution in [0.3, 0.4) is 0 Å². The lowest BCUT2D eigenvalue weighted by Crippen LogP contribution is -2.21. The first-order chi connectivity index (χ1) is 14.1. The van der Waals surface area contributed by atoms with E-state index in [1.807, 2.05) is 17.5 Å². The zero-order valence-corrected chi connectivity index (χ0v) is 16.9. The minimum absolute atomic E-state index is 0.00122.